The SMILES string of the molecule is CCC(=O)Nc1ccc(CNc2cc(Nc3ccc(N4CCN(C)CC4)cc3)ncn2)cc1. The Kier molecular flexibility index (Phi) is 7.36. The molecule has 1 saturated heterocycles. The van der Waals surface area contributed by atoms with Gasteiger partial charge < -0.3 is 25.8 Å². The second-order valence-corrected chi connectivity index (χ2v) is 8.20. The smallest absolute Gasteiger partial charge is 0.224 e. The fraction of sp³-hybridized carbons (Fsp3) is 0.320. The van der Waals surface area contributed by atoms with E-state index in [0.29, 0.717) is 13.0 Å². The van der Waals surface area contributed by atoms with Crippen LogP contribution >= 0.6 is 0 Å². The van der Waals surface area contributed by atoms with E-state index < -0.39 is 0 Å². The Labute approximate surface area is 195 Å². The summed E-state index contributed by atoms with van der Waals surface area (Å²) in [7, 11) is 2.17. The lowest BCUT2D eigenvalue weighted by Gasteiger charge is -2.34. The zero-order chi connectivity index (χ0) is 23.0. The highest BCUT2D eigenvalue weighted by Gasteiger charge is 2.14. The summed E-state index contributed by atoms with van der Waals surface area (Å²) in [6.45, 7) is 6.76. The molecule has 2 aromatic carbocycles. The highest BCUT2D eigenvalue weighted by atomic mass is 16.1. The van der Waals surface area contributed by atoms with Gasteiger partial charge in [0, 0.05) is 62.3 Å². The molecule has 8 heteroatoms. The quantitative estimate of drug-likeness (QED) is 0.484. The zero-order valence-electron chi connectivity index (χ0n) is 19.2. The molecule has 3 N–H and O–H groups in total. The molecule has 0 bridgehead atoms. The van der Waals surface area contributed by atoms with Crippen LogP contribution in [0, 0.1) is 0 Å². The number of benzene rings is 2. The first-order chi connectivity index (χ1) is 16.1. The molecular weight excluding hydrogens is 414 g/mol. The first-order valence-corrected chi connectivity index (χ1v) is 11.3. The second kappa shape index (κ2) is 10.8. The van der Waals surface area contributed by atoms with E-state index in [-0.39, 0.29) is 5.91 Å². The largest absolute Gasteiger partial charge is 0.369 e. The molecule has 1 aromatic heterocycles. The third-order valence-corrected chi connectivity index (χ3v) is 5.71. The summed E-state index contributed by atoms with van der Waals surface area (Å²) in [4.78, 5) is 24.9. The number of hydrogen-bond acceptors (Lipinski definition) is 7. The van der Waals surface area contributed by atoms with Gasteiger partial charge in [0.05, 0.1) is 0 Å². The van der Waals surface area contributed by atoms with E-state index in [2.05, 4.69) is 67.0 Å². The number of rotatable bonds is 8. The molecule has 0 aliphatic carbocycles. The number of likely N-dealkylation sites (N-methyl/N-ethyl adjacent to an activating group) is 1. The van der Waals surface area contributed by atoms with Crippen LogP contribution in [0.5, 0.6) is 0 Å². The number of hydrogen-bond donors (Lipinski definition) is 3. The molecule has 1 fully saturated rings. The van der Waals surface area contributed by atoms with Gasteiger partial charge in [0.1, 0.15) is 18.0 Å². The number of amides is 1. The van der Waals surface area contributed by atoms with Crippen LogP contribution < -0.4 is 20.9 Å². The maximum absolute atomic E-state index is 11.5. The molecule has 33 heavy (non-hydrogen) atoms. The molecule has 1 amide bonds. The Hall–Kier alpha value is -3.65. The first-order valence-electron chi connectivity index (χ1n) is 11.3. The Morgan fingerprint density at radius 2 is 1.58 bits per heavy atom. The number of carbonyl (C=O) groups excluding carboxylic acids is 1. The van der Waals surface area contributed by atoms with Crippen molar-refractivity contribution < 1.29 is 4.79 Å². The summed E-state index contributed by atoms with van der Waals surface area (Å²) in [5.41, 5.74) is 4.14. The minimum absolute atomic E-state index is 0.0101. The second-order valence-electron chi connectivity index (χ2n) is 8.20. The summed E-state index contributed by atoms with van der Waals surface area (Å²) < 4.78 is 0. The summed E-state index contributed by atoms with van der Waals surface area (Å²) in [5.74, 6) is 1.48. The fourth-order valence-corrected chi connectivity index (χ4v) is 3.64. The molecule has 1 aliphatic heterocycles. The number of anilines is 5. The third kappa shape index (κ3) is 6.43. The van der Waals surface area contributed by atoms with Crippen LogP contribution in [0.2, 0.25) is 0 Å². The van der Waals surface area contributed by atoms with Gasteiger partial charge in [-0.1, -0.05) is 19.1 Å². The Balaban J connectivity index is 1.31. The molecule has 0 radical (unpaired) electrons. The van der Waals surface area contributed by atoms with E-state index in [1.807, 2.05) is 37.3 Å². The number of nitrogens with zero attached hydrogens (tertiary/aromatic N) is 4. The summed E-state index contributed by atoms with van der Waals surface area (Å²) in [6, 6.07) is 18.2. The van der Waals surface area contributed by atoms with Crippen molar-refractivity contribution in [3.63, 3.8) is 0 Å². The van der Waals surface area contributed by atoms with E-state index in [0.717, 1.165) is 54.8 Å². The van der Waals surface area contributed by atoms with E-state index in [1.54, 1.807) is 6.33 Å². The minimum Gasteiger partial charge on any atom is -0.369 e. The van der Waals surface area contributed by atoms with E-state index in [1.165, 1.54) is 5.69 Å². The van der Waals surface area contributed by atoms with Crippen molar-refractivity contribution in [1.82, 2.24) is 14.9 Å². The van der Waals surface area contributed by atoms with Crippen LogP contribution in [0.3, 0.4) is 0 Å². The number of nitrogens with one attached hydrogen (secondary N) is 3. The number of aromatic nitrogens is 2. The highest BCUT2D eigenvalue weighted by Crippen LogP contribution is 2.22. The molecule has 0 saturated carbocycles. The van der Waals surface area contributed by atoms with Gasteiger partial charge >= 0.3 is 0 Å². The molecular formula is C25H31N7O. The molecule has 0 unspecified atom stereocenters. The molecule has 172 valence electrons. The van der Waals surface area contributed by atoms with Crippen LogP contribution in [-0.4, -0.2) is 54.0 Å². The molecule has 2 heterocycles. The van der Waals surface area contributed by atoms with Crippen LogP contribution in [0.15, 0.2) is 60.9 Å². The monoisotopic (exact) mass is 445 g/mol. The predicted octanol–water partition coefficient (Wildman–Crippen LogP) is 3.93. The van der Waals surface area contributed by atoms with Gasteiger partial charge in [-0.15, -0.1) is 0 Å². The van der Waals surface area contributed by atoms with Gasteiger partial charge in [-0.2, -0.15) is 0 Å². The predicted molar refractivity (Wildman–Crippen MR) is 134 cm³/mol. The first kappa shape index (κ1) is 22.5. The molecule has 0 atom stereocenters. The van der Waals surface area contributed by atoms with Crippen LogP contribution in [0.1, 0.15) is 18.9 Å². The molecule has 3 aromatic rings. The average molecular weight is 446 g/mol. The minimum atomic E-state index is 0.0101. The topological polar surface area (TPSA) is 85.4 Å². The zero-order valence-corrected chi connectivity index (χ0v) is 19.2. The third-order valence-electron chi connectivity index (χ3n) is 5.71. The maximum atomic E-state index is 11.5. The maximum Gasteiger partial charge on any atom is 0.224 e. The van der Waals surface area contributed by atoms with Crippen molar-refractivity contribution >= 4 is 34.6 Å². The van der Waals surface area contributed by atoms with E-state index >= 15 is 0 Å². The molecule has 8 nitrogen and oxygen atoms in total. The van der Waals surface area contributed by atoms with Gasteiger partial charge in [0.15, 0.2) is 0 Å². The highest BCUT2D eigenvalue weighted by molar-refractivity contribution is 5.90. The van der Waals surface area contributed by atoms with Crippen molar-refractivity contribution in [2.24, 2.45) is 0 Å². The lowest BCUT2D eigenvalue weighted by Crippen LogP contribution is -2.44. The summed E-state index contributed by atoms with van der Waals surface area (Å²) >= 11 is 0. The van der Waals surface area contributed by atoms with Crippen molar-refractivity contribution in [2.45, 2.75) is 19.9 Å². The van der Waals surface area contributed by atoms with Crippen molar-refractivity contribution in [3.8, 4) is 0 Å². The van der Waals surface area contributed by atoms with Crippen molar-refractivity contribution in [3.05, 3.63) is 66.5 Å². The van der Waals surface area contributed by atoms with E-state index in [9.17, 15) is 4.79 Å². The van der Waals surface area contributed by atoms with Gasteiger partial charge in [-0.3, -0.25) is 4.79 Å². The van der Waals surface area contributed by atoms with Crippen LogP contribution in [-0.2, 0) is 11.3 Å². The molecule has 4 rings (SSSR count). The standard InChI is InChI=1S/C25H31N7O/c1-3-25(33)30-21-6-4-19(5-7-21)17-26-23-16-24(28-18-27-23)29-20-8-10-22(11-9-20)32-14-12-31(2)13-15-32/h4-11,16,18H,3,12-15,17H2,1-2H3,(H,30,33)(H2,26,27,28,29). The Bertz CT molecular complexity index is 1050. The number of piperazine rings is 1. The van der Waals surface area contributed by atoms with Crippen molar-refractivity contribution in [1.29, 1.82) is 0 Å². The van der Waals surface area contributed by atoms with E-state index in [4.69, 9.17) is 0 Å². The summed E-state index contributed by atoms with van der Waals surface area (Å²) in [6.07, 6.45) is 2.01. The van der Waals surface area contributed by atoms with Gasteiger partial charge in [-0.25, -0.2) is 9.97 Å². The molecule has 0 spiro atoms. The molecule has 1 aliphatic rings. The van der Waals surface area contributed by atoms with Gasteiger partial charge in [-0.05, 0) is 49.0 Å². The van der Waals surface area contributed by atoms with Crippen LogP contribution in [0.4, 0.5) is 28.7 Å². The normalized spacial score (nSPS) is 14.1. The lowest BCUT2D eigenvalue weighted by atomic mass is 10.2. The summed E-state index contributed by atoms with van der Waals surface area (Å²) in [5, 5.41) is 9.53. The average Bonchev–Trinajstić information content (AvgIpc) is 2.85. The number of carbonyl (C=O) groups is 1. The fourth-order valence-electron chi connectivity index (χ4n) is 3.64. The lowest BCUT2D eigenvalue weighted by molar-refractivity contribution is -0.115. The Morgan fingerprint density at radius 1 is 0.909 bits per heavy atom. The van der Waals surface area contributed by atoms with Gasteiger partial charge in [0.25, 0.3) is 0 Å². The van der Waals surface area contributed by atoms with Crippen LogP contribution in [0.25, 0.3) is 0 Å². The Morgan fingerprint density at radius 3 is 2.27 bits per heavy atom. The van der Waals surface area contributed by atoms with Crippen molar-refractivity contribution in [2.75, 3.05) is 54.1 Å². The van der Waals surface area contributed by atoms with Gasteiger partial charge in [0.2, 0.25) is 5.91 Å².